The minimum atomic E-state index is -4.79. The third-order valence-electron chi connectivity index (χ3n) is 5.01. The Labute approximate surface area is 195 Å². The van der Waals surface area contributed by atoms with Gasteiger partial charge in [0.15, 0.2) is 0 Å². The number of alkyl halides is 3. The molecule has 3 aromatic carbocycles. The Bertz CT molecular complexity index is 1170. The molecule has 0 bridgehead atoms. The Morgan fingerprint density at radius 1 is 0.882 bits per heavy atom. The van der Waals surface area contributed by atoms with Gasteiger partial charge in [-0.15, -0.1) is 0 Å². The number of halogens is 4. The quantitative estimate of drug-likeness (QED) is 0.387. The maximum Gasteiger partial charge on any atom is 0.418 e. The van der Waals surface area contributed by atoms with Gasteiger partial charge in [0.05, 0.1) is 23.2 Å². The maximum absolute atomic E-state index is 13.8. The fraction of sp³-hybridized carbons (Fsp3) is 0.231. The van der Waals surface area contributed by atoms with Crippen LogP contribution in [0.1, 0.15) is 40.9 Å². The number of benzene rings is 3. The molecule has 0 saturated carbocycles. The molecule has 0 radical (unpaired) electrons. The van der Waals surface area contributed by atoms with E-state index in [4.69, 9.17) is 0 Å². The van der Waals surface area contributed by atoms with Gasteiger partial charge in [0, 0.05) is 5.69 Å². The minimum absolute atomic E-state index is 0.0922. The highest BCUT2D eigenvalue weighted by atomic mass is 19.4. The second-order valence-corrected chi connectivity index (χ2v) is 8.33. The van der Waals surface area contributed by atoms with Crippen molar-refractivity contribution < 1.29 is 27.2 Å². The summed E-state index contributed by atoms with van der Waals surface area (Å²) in [4.78, 5) is 24.7. The first-order valence-electron chi connectivity index (χ1n) is 10.7. The van der Waals surface area contributed by atoms with Gasteiger partial charge in [-0.1, -0.05) is 50.2 Å². The first-order valence-corrected chi connectivity index (χ1v) is 10.7. The zero-order chi connectivity index (χ0) is 24.9. The fourth-order valence-electron chi connectivity index (χ4n) is 3.45. The third-order valence-corrected chi connectivity index (χ3v) is 5.01. The number of carbonyl (C=O) groups excluding carboxylic acids is 2. The fourth-order valence-corrected chi connectivity index (χ4v) is 3.45. The van der Waals surface area contributed by atoms with E-state index >= 15 is 0 Å². The smallest absolute Gasteiger partial charge is 0.325 e. The van der Waals surface area contributed by atoms with Crippen molar-refractivity contribution in [2.24, 2.45) is 5.92 Å². The molecule has 34 heavy (non-hydrogen) atoms. The van der Waals surface area contributed by atoms with Crippen molar-refractivity contribution in [2.45, 2.75) is 32.9 Å². The molecule has 0 atom stereocenters. The monoisotopic (exact) mass is 472 g/mol. The number of anilines is 2. The molecule has 178 valence electrons. The van der Waals surface area contributed by atoms with E-state index in [2.05, 4.69) is 24.5 Å². The van der Waals surface area contributed by atoms with Gasteiger partial charge >= 0.3 is 6.18 Å². The lowest BCUT2D eigenvalue weighted by Crippen LogP contribution is -2.19. The molecule has 8 heteroatoms. The third kappa shape index (κ3) is 6.66. The van der Waals surface area contributed by atoms with E-state index in [0.717, 1.165) is 24.1 Å². The van der Waals surface area contributed by atoms with Gasteiger partial charge in [0.1, 0.15) is 5.82 Å². The molecule has 0 spiro atoms. The van der Waals surface area contributed by atoms with Crippen molar-refractivity contribution in [3.63, 3.8) is 0 Å². The predicted octanol–water partition coefficient (Wildman–Crippen LogP) is 6.48. The van der Waals surface area contributed by atoms with Crippen LogP contribution < -0.4 is 10.6 Å². The van der Waals surface area contributed by atoms with E-state index in [1.165, 1.54) is 24.3 Å². The summed E-state index contributed by atoms with van der Waals surface area (Å²) in [7, 11) is 0. The molecule has 3 aromatic rings. The zero-order valence-electron chi connectivity index (χ0n) is 18.7. The van der Waals surface area contributed by atoms with E-state index in [9.17, 15) is 27.2 Å². The summed E-state index contributed by atoms with van der Waals surface area (Å²) >= 11 is 0. The van der Waals surface area contributed by atoms with Gasteiger partial charge in [-0.2, -0.15) is 13.2 Å². The van der Waals surface area contributed by atoms with E-state index in [-0.39, 0.29) is 17.7 Å². The van der Waals surface area contributed by atoms with Crippen LogP contribution in [0.4, 0.5) is 28.9 Å². The molecular weight excluding hydrogens is 448 g/mol. The summed E-state index contributed by atoms with van der Waals surface area (Å²) in [6, 6.07) is 15.5. The van der Waals surface area contributed by atoms with Crippen LogP contribution in [0.15, 0.2) is 66.7 Å². The van der Waals surface area contributed by atoms with Crippen molar-refractivity contribution in [3.05, 3.63) is 94.8 Å². The lowest BCUT2D eigenvalue weighted by atomic mass is 10.0. The molecule has 0 saturated heterocycles. The standard InChI is InChI=1S/C26H24F4N2O2/c1-16(2)13-17-7-9-18(10-8-17)14-24(33)32-23-12-11-19(15-21(23)26(28,29)30)31-25(34)20-5-3-4-6-22(20)27/h3-12,15-16H,13-14H2,1-2H3,(H,31,34)(H,32,33). The van der Waals surface area contributed by atoms with Crippen LogP contribution in [0.3, 0.4) is 0 Å². The molecule has 0 aliphatic rings. The number of carbonyl (C=O) groups is 2. The van der Waals surface area contributed by atoms with Crippen LogP contribution in [-0.4, -0.2) is 11.8 Å². The molecular formula is C26H24F4N2O2. The van der Waals surface area contributed by atoms with E-state index in [1.807, 2.05) is 12.1 Å². The molecule has 0 aliphatic heterocycles. The van der Waals surface area contributed by atoms with Gasteiger partial charge in [0.2, 0.25) is 5.91 Å². The molecule has 2 amide bonds. The summed E-state index contributed by atoms with van der Waals surface area (Å²) in [6.07, 6.45) is -3.99. The van der Waals surface area contributed by atoms with E-state index < -0.39 is 35.1 Å². The molecule has 0 aromatic heterocycles. The summed E-state index contributed by atoms with van der Waals surface area (Å²) < 4.78 is 54.8. The van der Waals surface area contributed by atoms with Crippen LogP contribution in [0.2, 0.25) is 0 Å². The average Bonchev–Trinajstić information content (AvgIpc) is 2.75. The van der Waals surface area contributed by atoms with Crippen LogP contribution in [0.25, 0.3) is 0 Å². The van der Waals surface area contributed by atoms with Gasteiger partial charge in [-0.25, -0.2) is 4.39 Å². The average molecular weight is 472 g/mol. The van der Waals surface area contributed by atoms with Crippen LogP contribution in [0.5, 0.6) is 0 Å². The van der Waals surface area contributed by atoms with Crippen molar-refractivity contribution in [3.8, 4) is 0 Å². The molecule has 0 heterocycles. The van der Waals surface area contributed by atoms with Crippen molar-refractivity contribution in [2.75, 3.05) is 10.6 Å². The molecule has 0 unspecified atom stereocenters. The Morgan fingerprint density at radius 3 is 2.15 bits per heavy atom. The Morgan fingerprint density at radius 2 is 1.53 bits per heavy atom. The Hall–Kier alpha value is -3.68. The summed E-state index contributed by atoms with van der Waals surface area (Å²) in [6.45, 7) is 4.19. The van der Waals surface area contributed by atoms with Crippen molar-refractivity contribution >= 4 is 23.2 Å². The summed E-state index contributed by atoms with van der Waals surface area (Å²) in [5.41, 5.74) is -0.247. The number of nitrogens with one attached hydrogen (secondary N) is 2. The molecule has 0 aliphatic carbocycles. The molecule has 4 nitrogen and oxygen atoms in total. The molecule has 2 N–H and O–H groups in total. The van der Waals surface area contributed by atoms with Crippen LogP contribution >= 0.6 is 0 Å². The Kier molecular flexibility index (Phi) is 7.71. The summed E-state index contributed by atoms with van der Waals surface area (Å²) in [5, 5.41) is 4.56. The maximum atomic E-state index is 13.8. The number of hydrogen-bond donors (Lipinski definition) is 2. The topological polar surface area (TPSA) is 58.2 Å². The van der Waals surface area contributed by atoms with Crippen molar-refractivity contribution in [1.29, 1.82) is 0 Å². The van der Waals surface area contributed by atoms with Crippen LogP contribution in [-0.2, 0) is 23.8 Å². The van der Waals surface area contributed by atoms with E-state index in [0.29, 0.717) is 17.5 Å². The predicted molar refractivity (Wildman–Crippen MR) is 123 cm³/mol. The van der Waals surface area contributed by atoms with Crippen molar-refractivity contribution in [1.82, 2.24) is 0 Å². The molecule has 3 rings (SSSR count). The summed E-state index contributed by atoms with van der Waals surface area (Å²) in [5.74, 6) is -1.80. The lowest BCUT2D eigenvalue weighted by Gasteiger charge is -2.16. The largest absolute Gasteiger partial charge is 0.418 e. The highest BCUT2D eigenvalue weighted by Crippen LogP contribution is 2.37. The first-order chi connectivity index (χ1) is 16.0. The van der Waals surface area contributed by atoms with Gasteiger partial charge in [-0.05, 0) is 53.8 Å². The molecule has 0 fully saturated rings. The first kappa shape index (κ1) is 25.0. The second-order valence-electron chi connectivity index (χ2n) is 8.33. The lowest BCUT2D eigenvalue weighted by molar-refractivity contribution is -0.136. The number of rotatable bonds is 7. The van der Waals surface area contributed by atoms with E-state index in [1.54, 1.807) is 12.1 Å². The number of amides is 2. The normalized spacial score (nSPS) is 11.4. The van der Waals surface area contributed by atoms with Gasteiger partial charge < -0.3 is 10.6 Å². The highest BCUT2D eigenvalue weighted by Gasteiger charge is 2.34. The second kappa shape index (κ2) is 10.5. The van der Waals surface area contributed by atoms with Gasteiger partial charge in [-0.3, -0.25) is 9.59 Å². The Balaban J connectivity index is 1.74. The number of hydrogen-bond acceptors (Lipinski definition) is 2. The van der Waals surface area contributed by atoms with Gasteiger partial charge in [0.25, 0.3) is 5.91 Å². The van der Waals surface area contributed by atoms with Crippen LogP contribution in [0, 0.1) is 11.7 Å². The zero-order valence-corrected chi connectivity index (χ0v) is 18.7. The minimum Gasteiger partial charge on any atom is -0.325 e. The highest BCUT2D eigenvalue weighted by molar-refractivity contribution is 6.04. The SMILES string of the molecule is CC(C)Cc1ccc(CC(=O)Nc2ccc(NC(=O)c3ccccc3F)cc2C(F)(F)F)cc1.